The lowest BCUT2D eigenvalue weighted by Crippen LogP contribution is -2.37. The molecule has 1 aliphatic heterocycles. The van der Waals surface area contributed by atoms with Gasteiger partial charge in [-0.25, -0.2) is 8.42 Å². The summed E-state index contributed by atoms with van der Waals surface area (Å²) in [5, 5.41) is 8.57. The van der Waals surface area contributed by atoms with E-state index in [2.05, 4.69) is 15.9 Å². The highest BCUT2D eigenvalue weighted by atomic mass is 79.9. The number of sulfonamides is 1. The molecular weight excluding hydrogens is 258 g/mol. The average Bonchev–Trinajstić information content (AvgIpc) is 2.04. The summed E-state index contributed by atoms with van der Waals surface area (Å²) in [6, 6.07) is 0. The Bertz CT molecular complexity index is 299. The molecule has 1 aliphatic rings. The fourth-order valence-electron chi connectivity index (χ4n) is 1.16. The van der Waals surface area contributed by atoms with E-state index in [0.29, 0.717) is 13.1 Å². The Labute approximate surface area is 86.4 Å². The topological polar surface area (TPSA) is 57.6 Å². The monoisotopic (exact) mass is 269 g/mol. The van der Waals surface area contributed by atoms with Crippen LogP contribution in [0.3, 0.4) is 0 Å². The van der Waals surface area contributed by atoms with Crippen LogP contribution in [0, 0.1) is 0 Å². The summed E-state index contributed by atoms with van der Waals surface area (Å²) in [6.07, 6.45) is 2.69. The number of aliphatic hydroxyl groups is 1. The molecule has 0 unspecified atom stereocenters. The number of halogens is 1. The van der Waals surface area contributed by atoms with Crippen LogP contribution in [0.2, 0.25) is 0 Å². The number of rotatable bonds is 3. The van der Waals surface area contributed by atoms with Gasteiger partial charge < -0.3 is 5.11 Å². The van der Waals surface area contributed by atoms with Gasteiger partial charge in [0.15, 0.2) is 0 Å². The van der Waals surface area contributed by atoms with Crippen LogP contribution >= 0.6 is 15.9 Å². The quantitative estimate of drug-likeness (QED) is 0.802. The predicted octanol–water partition coefficient (Wildman–Crippen LogP) is 0.293. The zero-order valence-corrected chi connectivity index (χ0v) is 9.51. The van der Waals surface area contributed by atoms with Gasteiger partial charge in [0, 0.05) is 17.6 Å². The van der Waals surface area contributed by atoms with Gasteiger partial charge in [0.1, 0.15) is 0 Å². The van der Waals surface area contributed by atoms with Crippen LogP contribution in [0.1, 0.15) is 6.42 Å². The summed E-state index contributed by atoms with van der Waals surface area (Å²) in [4.78, 5) is 0. The Morgan fingerprint density at radius 2 is 2.31 bits per heavy atom. The van der Waals surface area contributed by atoms with Crippen LogP contribution in [0.5, 0.6) is 0 Å². The van der Waals surface area contributed by atoms with E-state index < -0.39 is 10.0 Å². The average molecular weight is 270 g/mol. The van der Waals surface area contributed by atoms with Crippen molar-refractivity contribution in [3.63, 3.8) is 0 Å². The molecule has 0 aliphatic carbocycles. The molecule has 13 heavy (non-hydrogen) atoms. The molecule has 0 fully saturated rings. The molecule has 0 aromatic rings. The minimum Gasteiger partial charge on any atom is -0.395 e. The molecule has 0 aromatic carbocycles. The highest BCUT2D eigenvalue weighted by molar-refractivity contribution is 9.11. The Morgan fingerprint density at radius 3 is 2.85 bits per heavy atom. The van der Waals surface area contributed by atoms with Crippen molar-refractivity contribution in [2.24, 2.45) is 0 Å². The Hall–Kier alpha value is 0.0900. The first-order chi connectivity index (χ1) is 6.06. The van der Waals surface area contributed by atoms with E-state index in [1.165, 1.54) is 4.31 Å². The molecule has 0 aromatic heterocycles. The molecule has 0 saturated carbocycles. The van der Waals surface area contributed by atoms with Gasteiger partial charge in [0.2, 0.25) is 10.0 Å². The van der Waals surface area contributed by atoms with Gasteiger partial charge in [-0.05, 0) is 6.42 Å². The number of hydrogen-bond donors (Lipinski definition) is 1. The highest BCUT2D eigenvalue weighted by Crippen LogP contribution is 2.17. The van der Waals surface area contributed by atoms with Crippen LogP contribution < -0.4 is 0 Å². The van der Waals surface area contributed by atoms with Gasteiger partial charge in [0.25, 0.3) is 0 Å². The Morgan fingerprint density at radius 1 is 1.62 bits per heavy atom. The fourth-order valence-corrected chi connectivity index (χ4v) is 3.07. The normalized spacial score (nSPS) is 20.0. The van der Waals surface area contributed by atoms with E-state index in [9.17, 15) is 8.42 Å². The van der Waals surface area contributed by atoms with Crippen LogP contribution in [0.4, 0.5) is 0 Å². The molecule has 0 saturated heterocycles. The van der Waals surface area contributed by atoms with Gasteiger partial charge in [-0.2, -0.15) is 4.31 Å². The van der Waals surface area contributed by atoms with Crippen LogP contribution in [0.25, 0.3) is 0 Å². The third kappa shape index (κ3) is 3.05. The van der Waals surface area contributed by atoms with Crippen molar-refractivity contribution < 1.29 is 13.5 Å². The van der Waals surface area contributed by atoms with Crippen molar-refractivity contribution in [1.82, 2.24) is 4.31 Å². The maximum atomic E-state index is 11.4. The van der Waals surface area contributed by atoms with Gasteiger partial charge in [-0.3, -0.25) is 0 Å². The lowest BCUT2D eigenvalue weighted by atomic mass is 10.3. The van der Waals surface area contributed by atoms with Crippen LogP contribution in [0.15, 0.2) is 10.6 Å². The molecule has 0 atom stereocenters. The first-order valence-corrected chi connectivity index (χ1v) is 6.39. The van der Waals surface area contributed by atoms with E-state index in [4.69, 9.17) is 5.11 Å². The van der Waals surface area contributed by atoms with Gasteiger partial charge in [-0.15, -0.1) is 0 Å². The van der Waals surface area contributed by atoms with Crippen LogP contribution in [-0.2, 0) is 10.0 Å². The van der Waals surface area contributed by atoms with E-state index in [1.807, 2.05) is 6.08 Å². The second-order valence-electron chi connectivity index (χ2n) is 2.81. The summed E-state index contributed by atoms with van der Waals surface area (Å²) >= 11 is 3.26. The summed E-state index contributed by atoms with van der Waals surface area (Å²) in [5.41, 5.74) is 0. The van der Waals surface area contributed by atoms with Gasteiger partial charge in [-0.1, -0.05) is 22.0 Å². The van der Waals surface area contributed by atoms with E-state index in [-0.39, 0.29) is 12.4 Å². The second kappa shape index (κ2) is 4.54. The number of nitrogens with zero attached hydrogens (tertiary/aromatic N) is 1. The predicted molar refractivity (Wildman–Crippen MR) is 54.1 cm³/mol. The first-order valence-electron chi connectivity index (χ1n) is 3.99. The Kier molecular flexibility index (Phi) is 3.90. The van der Waals surface area contributed by atoms with Crippen molar-refractivity contribution in [3.05, 3.63) is 10.6 Å². The van der Waals surface area contributed by atoms with Crippen molar-refractivity contribution in [2.45, 2.75) is 6.42 Å². The minimum absolute atomic E-state index is 0.187. The standard InChI is InChI=1S/C7H12BrNO3S/c8-7-2-1-3-9(6-7)13(11,12)5-4-10/h2,10H,1,3-6H2. The molecule has 4 nitrogen and oxygen atoms in total. The molecular formula is C7H12BrNO3S. The largest absolute Gasteiger partial charge is 0.395 e. The molecule has 1 heterocycles. The molecule has 0 amide bonds. The number of hydrogen-bond acceptors (Lipinski definition) is 3. The second-order valence-corrected chi connectivity index (χ2v) is 5.92. The van der Waals surface area contributed by atoms with Gasteiger partial charge >= 0.3 is 0 Å². The SMILES string of the molecule is O=S(=O)(CCO)N1CCC=C(Br)C1. The van der Waals surface area contributed by atoms with E-state index >= 15 is 0 Å². The minimum atomic E-state index is -3.25. The highest BCUT2D eigenvalue weighted by Gasteiger charge is 2.23. The van der Waals surface area contributed by atoms with Crippen molar-refractivity contribution >= 4 is 26.0 Å². The molecule has 76 valence electrons. The lowest BCUT2D eigenvalue weighted by molar-refractivity contribution is 0.315. The maximum absolute atomic E-state index is 11.4. The molecule has 1 rings (SSSR count). The fraction of sp³-hybridized carbons (Fsp3) is 0.714. The smallest absolute Gasteiger partial charge is 0.216 e. The zero-order valence-electron chi connectivity index (χ0n) is 7.11. The lowest BCUT2D eigenvalue weighted by Gasteiger charge is -2.24. The first kappa shape index (κ1) is 11.2. The summed E-state index contributed by atoms with van der Waals surface area (Å²) in [7, 11) is -3.25. The van der Waals surface area contributed by atoms with Crippen molar-refractivity contribution in [2.75, 3.05) is 25.4 Å². The van der Waals surface area contributed by atoms with Gasteiger partial charge in [0.05, 0.1) is 12.4 Å². The van der Waals surface area contributed by atoms with Crippen molar-refractivity contribution in [3.8, 4) is 0 Å². The summed E-state index contributed by atoms with van der Waals surface area (Å²) in [6.45, 7) is 0.583. The van der Waals surface area contributed by atoms with Crippen molar-refractivity contribution in [1.29, 1.82) is 0 Å². The van der Waals surface area contributed by atoms with Crippen LogP contribution in [-0.4, -0.2) is 43.3 Å². The molecule has 6 heteroatoms. The van der Waals surface area contributed by atoms with E-state index in [1.54, 1.807) is 0 Å². The zero-order chi connectivity index (χ0) is 9.90. The molecule has 0 radical (unpaired) electrons. The molecule has 1 N–H and O–H groups in total. The Balaban J connectivity index is 2.68. The number of aliphatic hydroxyl groups excluding tert-OH is 1. The third-order valence-corrected chi connectivity index (χ3v) is 4.19. The van der Waals surface area contributed by atoms with E-state index in [0.717, 1.165) is 10.9 Å². The third-order valence-electron chi connectivity index (χ3n) is 1.81. The summed E-state index contributed by atoms with van der Waals surface area (Å²) < 4.78 is 25.2. The molecule has 0 spiro atoms. The summed E-state index contributed by atoms with van der Waals surface area (Å²) in [5.74, 6) is -0.187. The maximum Gasteiger partial charge on any atom is 0.216 e. The molecule has 0 bridgehead atoms.